The molecule has 1 aromatic carbocycles. The third-order valence-electron chi connectivity index (χ3n) is 4.48. The van der Waals surface area contributed by atoms with E-state index in [0.29, 0.717) is 19.7 Å². The van der Waals surface area contributed by atoms with E-state index in [1.807, 2.05) is 34.6 Å². The zero-order valence-electron chi connectivity index (χ0n) is 18.6. The lowest BCUT2D eigenvalue weighted by Crippen LogP contribution is -2.44. The molecule has 1 fully saturated rings. The van der Waals surface area contributed by atoms with Crippen molar-refractivity contribution in [1.29, 1.82) is 0 Å². The lowest BCUT2D eigenvalue weighted by Gasteiger charge is -2.23. The molecular formula is C22H36N4O3. The minimum Gasteiger partial charge on any atom is -0.444 e. The number of benzene rings is 1. The number of alkyl carbamates (subject to hydrolysis) is 1. The summed E-state index contributed by atoms with van der Waals surface area (Å²) in [5.41, 5.74) is 1.86. The first-order chi connectivity index (χ1) is 13.7. The maximum Gasteiger partial charge on any atom is 0.407 e. The Morgan fingerprint density at radius 1 is 1.24 bits per heavy atom. The Hall–Kier alpha value is -2.28. The van der Waals surface area contributed by atoms with Crippen LogP contribution < -0.4 is 10.6 Å². The Labute approximate surface area is 174 Å². The molecule has 29 heavy (non-hydrogen) atoms. The van der Waals surface area contributed by atoms with Crippen LogP contribution in [0.5, 0.6) is 0 Å². The van der Waals surface area contributed by atoms with E-state index in [4.69, 9.17) is 9.47 Å². The Morgan fingerprint density at radius 3 is 2.48 bits per heavy atom. The number of carbonyl (C=O) groups excluding carboxylic acids is 1. The zero-order valence-corrected chi connectivity index (χ0v) is 18.6. The summed E-state index contributed by atoms with van der Waals surface area (Å²) >= 11 is 0. The van der Waals surface area contributed by atoms with Crippen molar-refractivity contribution in [1.82, 2.24) is 15.5 Å². The zero-order chi connectivity index (χ0) is 21.4. The Kier molecular flexibility index (Phi) is 8.32. The van der Waals surface area contributed by atoms with Crippen LogP contribution in [0, 0.1) is 0 Å². The minimum atomic E-state index is -0.490. The molecular weight excluding hydrogens is 368 g/mol. The highest BCUT2D eigenvalue weighted by Crippen LogP contribution is 2.13. The molecule has 1 heterocycles. The van der Waals surface area contributed by atoms with E-state index in [1.54, 1.807) is 7.05 Å². The van der Waals surface area contributed by atoms with Crippen molar-refractivity contribution in [3.8, 4) is 0 Å². The standard InChI is InChI=1S/C22H36N4O3/c1-16(2)28-15-18-9-7-17(8-10-18)13-24-20(23-6)26-12-11-19(14-26)25-21(27)29-22(3,4)5/h7-10,16,19H,11-15H2,1-6H3,(H,23,24)(H,25,27). The van der Waals surface area contributed by atoms with Crippen LogP contribution in [0.3, 0.4) is 0 Å². The van der Waals surface area contributed by atoms with Gasteiger partial charge in [0.05, 0.1) is 18.8 Å². The summed E-state index contributed by atoms with van der Waals surface area (Å²) in [5, 5.41) is 6.36. The van der Waals surface area contributed by atoms with Crippen LogP contribution in [-0.4, -0.2) is 54.8 Å². The van der Waals surface area contributed by atoms with Gasteiger partial charge in [-0.25, -0.2) is 4.79 Å². The van der Waals surface area contributed by atoms with Gasteiger partial charge in [0.15, 0.2) is 5.96 Å². The number of amides is 1. The van der Waals surface area contributed by atoms with E-state index in [9.17, 15) is 4.79 Å². The number of nitrogens with one attached hydrogen (secondary N) is 2. The lowest BCUT2D eigenvalue weighted by molar-refractivity contribution is 0.0507. The molecule has 1 saturated heterocycles. The van der Waals surface area contributed by atoms with Crippen LogP contribution in [0.15, 0.2) is 29.3 Å². The quantitative estimate of drug-likeness (QED) is 0.562. The number of carbonyl (C=O) groups is 1. The summed E-state index contributed by atoms with van der Waals surface area (Å²) in [5.74, 6) is 0.839. The summed E-state index contributed by atoms with van der Waals surface area (Å²) in [6.45, 7) is 12.5. The molecule has 1 unspecified atom stereocenters. The van der Waals surface area contributed by atoms with Crippen molar-refractivity contribution in [2.24, 2.45) is 4.99 Å². The monoisotopic (exact) mass is 404 g/mol. The van der Waals surface area contributed by atoms with Crippen molar-refractivity contribution in [2.45, 2.75) is 71.9 Å². The van der Waals surface area contributed by atoms with Crippen molar-refractivity contribution >= 4 is 12.1 Å². The molecule has 7 heteroatoms. The van der Waals surface area contributed by atoms with E-state index < -0.39 is 5.60 Å². The maximum atomic E-state index is 12.0. The van der Waals surface area contributed by atoms with E-state index in [0.717, 1.165) is 18.9 Å². The number of ether oxygens (including phenoxy) is 2. The summed E-state index contributed by atoms with van der Waals surface area (Å²) in [7, 11) is 1.78. The Morgan fingerprint density at radius 2 is 1.90 bits per heavy atom. The molecule has 2 N–H and O–H groups in total. The van der Waals surface area contributed by atoms with Gasteiger partial charge in [-0.15, -0.1) is 0 Å². The second-order valence-electron chi connectivity index (χ2n) is 8.65. The average Bonchev–Trinajstić information content (AvgIpc) is 3.08. The van der Waals surface area contributed by atoms with Gasteiger partial charge < -0.3 is 25.0 Å². The molecule has 0 aromatic heterocycles. The molecule has 2 rings (SSSR count). The molecule has 0 saturated carbocycles. The molecule has 1 atom stereocenters. The fraction of sp³-hybridized carbons (Fsp3) is 0.636. The van der Waals surface area contributed by atoms with Crippen LogP contribution in [0.4, 0.5) is 4.79 Å². The average molecular weight is 405 g/mol. The molecule has 0 aliphatic carbocycles. The molecule has 1 aromatic rings. The molecule has 1 aliphatic rings. The van der Waals surface area contributed by atoms with Crippen LogP contribution in [0.1, 0.15) is 52.2 Å². The fourth-order valence-electron chi connectivity index (χ4n) is 3.07. The first-order valence-corrected chi connectivity index (χ1v) is 10.3. The largest absolute Gasteiger partial charge is 0.444 e. The van der Waals surface area contributed by atoms with E-state index in [-0.39, 0.29) is 18.2 Å². The third-order valence-corrected chi connectivity index (χ3v) is 4.48. The highest BCUT2D eigenvalue weighted by atomic mass is 16.6. The van der Waals surface area contributed by atoms with Crippen molar-refractivity contribution in [3.63, 3.8) is 0 Å². The number of hydrogen-bond acceptors (Lipinski definition) is 4. The summed E-state index contributed by atoms with van der Waals surface area (Å²) < 4.78 is 11.0. The van der Waals surface area contributed by atoms with Gasteiger partial charge in [0.1, 0.15) is 5.60 Å². The van der Waals surface area contributed by atoms with Gasteiger partial charge in [-0.05, 0) is 52.2 Å². The Bertz CT molecular complexity index is 680. The van der Waals surface area contributed by atoms with Gasteiger partial charge >= 0.3 is 6.09 Å². The van der Waals surface area contributed by atoms with Gasteiger partial charge in [0.25, 0.3) is 0 Å². The predicted octanol–water partition coefficient (Wildman–Crippen LogP) is 3.29. The highest BCUT2D eigenvalue weighted by molar-refractivity contribution is 5.80. The van der Waals surface area contributed by atoms with Crippen LogP contribution >= 0.6 is 0 Å². The second kappa shape index (κ2) is 10.5. The fourth-order valence-corrected chi connectivity index (χ4v) is 3.07. The molecule has 0 spiro atoms. The molecule has 162 valence electrons. The number of likely N-dealkylation sites (tertiary alicyclic amines) is 1. The molecule has 1 amide bonds. The molecule has 0 bridgehead atoms. The minimum absolute atomic E-state index is 0.0589. The van der Waals surface area contributed by atoms with Gasteiger partial charge in [-0.1, -0.05) is 24.3 Å². The molecule has 1 aliphatic heterocycles. The first kappa shape index (κ1) is 23.0. The van der Waals surface area contributed by atoms with Crippen LogP contribution in [0.25, 0.3) is 0 Å². The lowest BCUT2D eigenvalue weighted by atomic mass is 10.1. The summed E-state index contributed by atoms with van der Waals surface area (Å²) in [6, 6.07) is 8.47. The number of rotatable bonds is 6. The predicted molar refractivity (Wildman–Crippen MR) is 116 cm³/mol. The van der Waals surface area contributed by atoms with Crippen LogP contribution in [-0.2, 0) is 22.6 Å². The van der Waals surface area contributed by atoms with Crippen molar-refractivity contribution < 1.29 is 14.3 Å². The van der Waals surface area contributed by atoms with Crippen LogP contribution in [0.2, 0.25) is 0 Å². The van der Waals surface area contributed by atoms with Gasteiger partial charge in [-0.3, -0.25) is 4.99 Å². The number of hydrogen-bond donors (Lipinski definition) is 2. The van der Waals surface area contributed by atoms with Gasteiger partial charge in [0.2, 0.25) is 0 Å². The van der Waals surface area contributed by atoms with E-state index in [2.05, 4.69) is 44.8 Å². The van der Waals surface area contributed by atoms with Gasteiger partial charge in [0, 0.05) is 26.7 Å². The third kappa shape index (κ3) is 8.31. The number of guanidine groups is 1. The Balaban J connectivity index is 1.80. The van der Waals surface area contributed by atoms with E-state index in [1.165, 1.54) is 11.1 Å². The summed E-state index contributed by atoms with van der Waals surface area (Å²) in [4.78, 5) is 18.5. The maximum absolute atomic E-state index is 12.0. The first-order valence-electron chi connectivity index (χ1n) is 10.3. The number of aliphatic imine (C=N–C) groups is 1. The highest BCUT2D eigenvalue weighted by Gasteiger charge is 2.27. The van der Waals surface area contributed by atoms with E-state index >= 15 is 0 Å². The topological polar surface area (TPSA) is 75.2 Å². The smallest absolute Gasteiger partial charge is 0.407 e. The molecule has 0 radical (unpaired) electrons. The van der Waals surface area contributed by atoms with Crippen molar-refractivity contribution in [2.75, 3.05) is 20.1 Å². The SMILES string of the molecule is CN=C(NCc1ccc(COC(C)C)cc1)N1CCC(NC(=O)OC(C)(C)C)C1. The second-order valence-corrected chi connectivity index (χ2v) is 8.65. The van der Waals surface area contributed by atoms with Crippen molar-refractivity contribution in [3.05, 3.63) is 35.4 Å². The number of nitrogens with zero attached hydrogens (tertiary/aromatic N) is 2. The van der Waals surface area contributed by atoms with Gasteiger partial charge in [-0.2, -0.15) is 0 Å². The molecule has 7 nitrogen and oxygen atoms in total. The summed E-state index contributed by atoms with van der Waals surface area (Å²) in [6.07, 6.45) is 0.729. The normalized spacial score (nSPS) is 17.6.